The lowest BCUT2D eigenvalue weighted by molar-refractivity contribution is -0.0498. The van der Waals surface area contributed by atoms with Crippen LogP contribution in [0.15, 0.2) is 36.4 Å². The van der Waals surface area contributed by atoms with Crippen LogP contribution in [0.25, 0.3) is 0 Å². The number of hydrogen-bond donors (Lipinski definition) is 1. The van der Waals surface area contributed by atoms with E-state index in [0.29, 0.717) is 9.90 Å². The zero-order valence-electron chi connectivity index (χ0n) is 9.15. The molecule has 0 amide bonds. The number of rotatable bonds is 4. The van der Waals surface area contributed by atoms with Gasteiger partial charge in [-0.25, -0.2) is 0 Å². The molecule has 2 aromatic rings. The molecule has 6 heteroatoms. The van der Waals surface area contributed by atoms with Gasteiger partial charge in [0.1, 0.15) is 5.75 Å². The molecule has 1 aromatic heterocycles. The van der Waals surface area contributed by atoms with E-state index in [0.717, 1.165) is 4.88 Å². The van der Waals surface area contributed by atoms with Crippen molar-refractivity contribution in [1.29, 1.82) is 0 Å². The Hall–Kier alpha value is -1.17. The average molecular weight is 290 g/mol. The van der Waals surface area contributed by atoms with Gasteiger partial charge in [0.05, 0.1) is 10.4 Å². The highest BCUT2D eigenvalue weighted by molar-refractivity contribution is 7.16. The lowest BCUT2D eigenvalue weighted by Crippen LogP contribution is -2.10. The fourth-order valence-corrected chi connectivity index (χ4v) is 2.63. The summed E-state index contributed by atoms with van der Waals surface area (Å²) in [6, 6.07) is 9.52. The Balaban J connectivity index is 2.22. The Morgan fingerprint density at radius 3 is 2.61 bits per heavy atom. The highest BCUT2D eigenvalue weighted by atomic mass is 35.5. The summed E-state index contributed by atoms with van der Waals surface area (Å²) in [7, 11) is 0. The second kappa shape index (κ2) is 5.65. The molecule has 1 atom stereocenters. The first-order valence-corrected chi connectivity index (χ1v) is 6.31. The van der Waals surface area contributed by atoms with E-state index in [4.69, 9.17) is 17.3 Å². The van der Waals surface area contributed by atoms with Crippen LogP contribution in [0.5, 0.6) is 5.75 Å². The molecule has 0 aliphatic heterocycles. The Bertz CT molecular complexity index is 532. The molecular formula is C12H10ClF2NOS. The Morgan fingerprint density at radius 1 is 1.22 bits per heavy atom. The number of ether oxygens (including phenoxy) is 1. The molecule has 0 saturated heterocycles. The van der Waals surface area contributed by atoms with Gasteiger partial charge in [0, 0.05) is 4.88 Å². The minimum atomic E-state index is -2.84. The van der Waals surface area contributed by atoms with Gasteiger partial charge in [-0.05, 0) is 29.8 Å². The number of alkyl halides is 2. The predicted molar refractivity (Wildman–Crippen MR) is 68.4 cm³/mol. The van der Waals surface area contributed by atoms with Crippen molar-refractivity contribution in [3.63, 3.8) is 0 Å². The summed E-state index contributed by atoms with van der Waals surface area (Å²) in [5.74, 6) is 0.0978. The minimum Gasteiger partial charge on any atom is -0.435 e. The molecule has 2 rings (SSSR count). The molecule has 0 aliphatic carbocycles. The summed E-state index contributed by atoms with van der Waals surface area (Å²) >= 11 is 7.19. The highest BCUT2D eigenvalue weighted by Crippen LogP contribution is 2.30. The molecular weight excluding hydrogens is 280 g/mol. The smallest absolute Gasteiger partial charge is 0.387 e. The molecule has 0 aliphatic rings. The lowest BCUT2D eigenvalue weighted by Gasteiger charge is -2.12. The van der Waals surface area contributed by atoms with Crippen molar-refractivity contribution in [3.05, 3.63) is 51.2 Å². The standard InChI is InChI=1S/C12H10ClF2NOS/c13-10-5-4-9(18-10)11(16)7-2-1-3-8(6-7)17-12(14)15/h1-6,11-12H,16H2. The molecule has 0 fully saturated rings. The third-order valence-electron chi connectivity index (χ3n) is 2.34. The Morgan fingerprint density at radius 2 is 2.00 bits per heavy atom. The van der Waals surface area contributed by atoms with Gasteiger partial charge in [-0.15, -0.1) is 11.3 Å². The molecule has 96 valence electrons. The van der Waals surface area contributed by atoms with Crippen LogP contribution < -0.4 is 10.5 Å². The summed E-state index contributed by atoms with van der Waals surface area (Å²) in [6.45, 7) is -2.84. The van der Waals surface area contributed by atoms with Gasteiger partial charge < -0.3 is 10.5 Å². The molecule has 2 nitrogen and oxygen atoms in total. The van der Waals surface area contributed by atoms with Crippen LogP contribution in [0.1, 0.15) is 16.5 Å². The maximum atomic E-state index is 12.1. The topological polar surface area (TPSA) is 35.2 Å². The van der Waals surface area contributed by atoms with Crippen LogP contribution in [0, 0.1) is 0 Å². The normalized spacial score (nSPS) is 12.7. The van der Waals surface area contributed by atoms with Gasteiger partial charge in [-0.3, -0.25) is 0 Å². The number of benzene rings is 1. The summed E-state index contributed by atoms with van der Waals surface area (Å²) in [5.41, 5.74) is 6.74. The number of halogens is 3. The maximum absolute atomic E-state index is 12.1. The first-order chi connectivity index (χ1) is 8.56. The van der Waals surface area contributed by atoms with Crippen LogP contribution in [0.3, 0.4) is 0 Å². The summed E-state index contributed by atoms with van der Waals surface area (Å²) in [5, 5.41) is 0. The van der Waals surface area contributed by atoms with Crippen molar-refractivity contribution in [2.45, 2.75) is 12.7 Å². The van der Waals surface area contributed by atoms with Crippen molar-refractivity contribution >= 4 is 22.9 Å². The van der Waals surface area contributed by atoms with Gasteiger partial charge >= 0.3 is 6.61 Å². The van der Waals surface area contributed by atoms with Crippen LogP contribution in [0.4, 0.5) is 8.78 Å². The Labute approximate surface area is 112 Å². The van der Waals surface area contributed by atoms with E-state index in [2.05, 4.69) is 4.74 Å². The fraction of sp³-hybridized carbons (Fsp3) is 0.167. The first kappa shape index (κ1) is 13.3. The van der Waals surface area contributed by atoms with Crippen molar-refractivity contribution in [1.82, 2.24) is 0 Å². The summed E-state index contributed by atoms with van der Waals surface area (Å²) in [6.07, 6.45) is 0. The highest BCUT2D eigenvalue weighted by Gasteiger charge is 2.13. The van der Waals surface area contributed by atoms with Crippen molar-refractivity contribution in [3.8, 4) is 5.75 Å². The number of hydrogen-bond acceptors (Lipinski definition) is 3. The van der Waals surface area contributed by atoms with Gasteiger partial charge in [0.2, 0.25) is 0 Å². The molecule has 0 saturated carbocycles. The van der Waals surface area contributed by atoms with Gasteiger partial charge in [0.25, 0.3) is 0 Å². The maximum Gasteiger partial charge on any atom is 0.387 e. The van der Waals surface area contributed by atoms with E-state index >= 15 is 0 Å². The average Bonchev–Trinajstić information content (AvgIpc) is 2.74. The van der Waals surface area contributed by atoms with E-state index in [1.165, 1.54) is 23.5 Å². The zero-order valence-corrected chi connectivity index (χ0v) is 10.7. The number of nitrogens with two attached hydrogens (primary N) is 1. The molecule has 0 radical (unpaired) electrons. The first-order valence-electron chi connectivity index (χ1n) is 5.12. The van der Waals surface area contributed by atoms with E-state index in [1.807, 2.05) is 6.07 Å². The molecule has 2 N–H and O–H groups in total. The van der Waals surface area contributed by atoms with E-state index < -0.39 is 12.7 Å². The van der Waals surface area contributed by atoms with Crippen LogP contribution in [-0.4, -0.2) is 6.61 Å². The number of thiophene rings is 1. The Kier molecular flexibility index (Phi) is 4.16. The zero-order chi connectivity index (χ0) is 13.1. The van der Waals surface area contributed by atoms with Crippen LogP contribution in [-0.2, 0) is 0 Å². The second-order valence-corrected chi connectivity index (χ2v) is 5.32. The second-order valence-electron chi connectivity index (χ2n) is 3.57. The molecule has 18 heavy (non-hydrogen) atoms. The minimum absolute atomic E-state index is 0.0978. The molecule has 1 aromatic carbocycles. The molecule has 0 spiro atoms. The van der Waals surface area contributed by atoms with Crippen LogP contribution >= 0.6 is 22.9 Å². The predicted octanol–water partition coefficient (Wildman–Crippen LogP) is 4.05. The largest absolute Gasteiger partial charge is 0.435 e. The van der Waals surface area contributed by atoms with Crippen molar-refractivity contribution < 1.29 is 13.5 Å². The van der Waals surface area contributed by atoms with E-state index in [9.17, 15) is 8.78 Å². The molecule has 1 heterocycles. The molecule has 1 unspecified atom stereocenters. The van der Waals surface area contributed by atoms with Gasteiger partial charge in [-0.1, -0.05) is 23.7 Å². The lowest BCUT2D eigenvalue weighted by atomic mass is 10.1. The van der Waals surface area contributed by atoms with Crippen molar-refractivity contribution in [2.75, 3.05) is 0 Å². The quantitative estimate of drug-likeness (QED) is 0.921. The third kappa shape index (κ3) is 3.19. The monoisotopic (exact) mass is 289 g/mol. The van der Waals surface area contributed by atoms with E-state index in [1.54, 1.807) is 18.2 Å². The van der Waals surface area contributed by atoms with Gasteiger partial charge in [-0.2, -0.15) is 8.78 Å². The van der Waals surface area contributed by atoms with Crippen LogP contribution in [0.2, 0.25) is 4.34 Å². The van der Waals surface area contributed by atoms with Gasteiger partial charge in [0.15, 0.2) is 0 Å². The van der Waals surface area contributed by atoms with Crippen molar-refractivity contribution in [2.24, 2.45) is 5.73 Å². The van der Waals surface area contributed by atoms with E-state index in [-0.39, 0.29) is 5.75 Å². The third-order valence-corrected chi connectivity index (χ3v) is 3.66. The summed E-state index contributed by atoms with van der Waals surface area (Å²) < 4.78 is 29.2. The molecule has 0 bridgehead atoms. The fourth-order valence-electron chi connectivity index (χ4n) is 1.54. The summed E-state index contributed by atoms with van der Waals surface area (Å²) in [4.78, 5) is 0.870. The SMILES string of the molecule is NC(c1cccc(OC(F)F)c1)c1ccc(Cl)s1.